The van der Waals surface area contributed by atoms with E-state index in [0.29, 0.717) is 6.04 Å². The van der Waals surface area contributed by atoms with Crippen LogP contribution in [0.2, 0.25) is 0 Å². The molecule has 1 aromatic heterocycles. The van der Waals surface area contributed by atoms with Crippen LogP contribution in [0.3, 0.4) is 0 Å². The molecule has 0 radical (unpaired) electrons. The molecule has 1 saturated heterocycles. The van der Waals surface area contributed by atoms with Crippen molar-refractivity contribution in [2.75, 3.05) is 18.4 Å². The fourth-order valence-corrected chi connectivity index (χ4v) is 3.40. The Morgan fingerprint density at radius 2 is 2.11 bits per heavy atom. The molecular weight excluding hydrogens is 256 g/mol. The summed E-state index contributed by atoms with van der Waals surface area (Å²) in [5, 5.41) is 7.02. The Morgan fingerprint density at radius 3 is 2.84 bits per heavy atom. The molecule has 0 bridgehead atoms. The van der Waals surface area contributed by atoms with E-state index in [1.165, 1.54) is 15.8 Å². The number of carbonyl (C=O) groups is 1. The first-order valence-electron chi connectivity index (χ1n) is 6.72. The largest absolute Gasteiger partial charge is 0.382 e. The van der Waals surface area contributed by atoms with Gasteiger partial charge >= 0.3 is 0 Å². The molecule has 3 nitrogen and oxygen atoms in total. The molecule has 3 rings (SSSR count). The minimum atomic E-state index is 0.193. The van der Waals surface area contributed by atoms with Crippen LogP contribution in [0, 0.1) is 0 Å². The highest BCUT2D eigenvalue weighted by Crippen LogP contribution is 2.25. The summed E-state index contributed by atoms with van der Waals surface area (Å²) < 4.78 is 1.33. The van der Waals surface area contributed by atoms with Gasteiger partial charge in [-0.3, -0.25) is 4.79 Å². The second-order valence-electron chi connectivity index (χ2n) is 5.10. The minimum absolute atomic E-state index is 0.193. The third-order valence-corrected chi connectivity index (χ3v) is 4.66. The number of fused-ring (bicyclic) bond motifs is 1. The number of nitrogens with zero attached hydrogens (tertiary/aromatic N) is 1. The van der Waals surface area contributed by atoms with Crippen molar-refractivity contribution in [3.8, 4) is 0 Å². The van der Waals surface area contributed by atoms with Crippen LogP contribution in [0.5, 0.6) is 0 Å². The maximum atomic E-state index is 11.3. The summed E-state index contributed by atoms with van der Waals surface area (Å²) in [7, 11) is 0. The number of nitrogens with one attached hydrogen (secondary N) is 1. The van der Waals surface area contributed by atoms with E-state index in [9.17, 15) is 4.79 Å². The first-order valence-corrected chi connectivity index (χ1v) is 7.59. The van der Waals surface area contributed by atoms with E-state index in [-0.39, 0.29) is 5.91 Å². The quantitative estimate of drug-likeness (QED) is 0.911. The maximum Gasteiger partial charge on any atom is 0.219 e. The van der Waals surface area contributed by atoms with Gasteiger partial charge in [-0.1, -0.05) is 0 Å². The lowest BCUT2D eigenvalue weighted by atomic mass is 10.0. The third kappa shape index (κ3) is 2.73. The number of carbonyl (C=O) groups excluding carboxylic acids is 1. The number of hydrogen-bond acceptors (Lipinski definition) is 3. The molecule has 1 fully saturated rings. The summed E-state index contributed by atoms with van der Waals surface area (Å²) in [6.45, 7) is 3.39. The summed E-state index contributed by atoms with van der Waals surface area (Å²) in [5.74, 6) is 0.193. The number of anilines is 1. The van der Waals surface area contributed by atoms with Crippen LogP contribution in [-0.4, -0.2) is 29.9 Å². The van der Waals surface area contributed by atoms with E-state index >= 15 is 0 Å². The van der Waals surface area contributed by atoms with Gasteiger partial charge in [-0.25, -0.2) is 0 Å². The van der Waals surface area contributed by atoms with Gasteiger partial charge in [-0.05, 0) is 47.9 Å². The van der Waals surface area contributed by atoms with Gasteiger partial charge in [0.2, 0.25) is 5.91 Å². The van der Waals surface area contributed by atoms with Crippen molar-refractivity contribution < 1.29 is 4.79 Å². The van der Waals surface area contributed by atoms with Gasteiger partial charge in [0, 0.05) is 36.4 Å². The smallest absolute Gasteiger partial charge is 0.219 e. The zero-order valence-corrected chi connectivity index (χ0v) is 11.9. The molecule has 1 aromatic carbocycles. The minimum Gasteiger partial charge on any atom is -0.382 e. The van der Waals surface area contributed by atoms with Crippen LogP contribution in [0.25, 0.3) is 10.1 Å². The van der Waals surface area contributed by atoms with Crippen LogP contribution in [-0.2, 0) is 4.79 Å². The molecule has 0 atom stereocenters. The van der Waals surface area contributed by atoms with Gasteiger partial charge in [0.1, 0.15) is 0 Å². The lowest BCUT2D eigenvalue weighted by molar-refractivity contribution is -0.129. The maximum absolute atomic E-state index is 11.3. The second-order valence-corrected chi connectivity index (χ2v) is 6.05. The number of rotatable bonds is 2. The number of thiophene rings is 1. The topological polar surface area (TPSA) is 32.3 Å². The summed E-state index contributed by atoms with van der Waals surface area (Å²) >= 11 is 1.77. The molecule has 19 heavy (non-hydrogen) atoms. The lowest BCUT2D eigenvalue weighted by Gasteiger charge is -2.32. The van der Waals surface area contributed by atoms with Crippen LogP contribution >= 0.6 is 11.3 Å². The van der Waals surface area contributed by atoms with Gasteiger partial charge in [-0.15, -0.1) is 11.3 Å². The number of benzene rings is 1. The van der Waals surface area contributed by atoms with E-state index in [1.807, 2.05) is 4.90 Å². The fraction of sp³-hybridized carbons (Fsp3) is 0.400. The van der Waals surface area contributed by atoms with Gasteiger partial charge in [0.25, 0.3) is 0 Å². The first-order chi connectivity index (χ1) is 9.22. The van der Waals surface area contributed by atoms with Gasteiger partial charge in [0.15, 0.2) is 0 Å². The molecule has 2 heterocycles. The SMILES string of the molecule is CC(=O)N1CCC(Nc2ccc3sccc3c2)CC1. The number of likely N-dealkylation sites (tertiary alicyclic amines) is 1. The van der Waals surface area contributed by atoms with Crippen LogP contribution in [0.15, 0.2) is 29.6 Å². The Morgan fingerprint density at radius 1 is 1.32 bits per heavy atom. The van der Waals surface area contributed by atoms with Crippen LogP contribution in [0.1, 0.15) is 19.8 Å². The molecule has 1 aliphatic rings. The molecule has 1 aliphatic heterocycles. The summed E-state index contributed by atoms with van der Waals surface area (Å²) in [5.41, 5.74) is 1.19. The van der Waals surface area contributed by atoms with E-state index in [1.54, 1.807) is 18.3 Å². The van der Waals surface area contributed by atoms with Crippen molar-refractivity contribution in [2.24, 2.45) is 0 Å². The normalized spacial score (nSPS) is 16.8. The Hall–Kier alpha value is -1.55. The highest BCUT2D eigenvalue weighted by Gasteiger charge is 2.20. The molecule has 0 unspecified atom stereocenters. The Balaban J connectivity index is 1.64. The van der Waals surface area contributed by atoms with Crippen LogP contribution < -0.4 is 5.32 Å². The highest BCUT2D eigenvalue weighted by atomic mass is 32.1. The van der Waals surface area contributed by atoms with E-state index in [0.717, 1.165) is 25.9 Å². The molecule has 0 aliphatic carbocycles. The van der Waals surface area contributed by atoms with Crippen molar-refractivity contribution in [1.82, 2.24) is 4.90 Å². The summed E-state index contributed by atoms with van der Waals surface area (Å²) in [6, 6.07) is 9.17. The Labute approximate surface area is 117 Å². The lowest BCUT2D eigenvalue weighted by Crippen LogP contribution is -2.41. The van der Waals surface area contributed by atoms with Crippen molar-refractivity contribution in [2.45, 2.75) is 25.8 Å². The molecular formula is C15H18N2OS. The predicted octanol–water partition coefficient (Wildman–Crippen LogP) is 3.32. The molecule has 100 valence electrons. The van der Waals surface area contributed by atoms with Crippen molar-refractivity contribution >= 4 is 33.0 Å². The first kappa shape index (κ1) is 12.5. The molecule has 1 amide bonds. The van der Waals surface area contributed by atoms with Gasteiger partial charge < -0.3 is 10.2 Å². The standard InChI is InChI=1S/C15H18N2OS/c1-11(18)17-7-4-13(5-8-17)16-14-2-3-15-12(10-14)6-9-19-15/h2-3,6,9-10,13,16H,4-5,7-8H2,1H3. The molecule has 2 aromatic rings. The zero-order chi connectivity index (χ0) is 13.2. The van der Waals surface area contributed by atoms with Crippen molar-refractivity contribution in [3.63, 3.8) is 0 Å². The number of piperidine rings is 1. The van der Waals surface area contributed by atoms with Gasteiger partial charge in [0.05, 0.1) is 0 Å². The average Bonchev–Trinajstić information content (AvgIpc) is 2.87. The number of hydrogen-bond donors (Lipinski definition) is 1. The zero-order valence-electron chi connectivity index (χ0n) is 11.1. The fourth-order valence-electron chi connectivity index (χ4n) is 2.63. The van der Waals surface area contributed by atoms with E-state index in [4.69, 9.17) is 0 Å². The second kappa shape index (κ2) is 5.21. The van der Waals surface area contributed by atoms with Gasteiger partial charge in [-0.2, -0.15) is 0 Å². The monoisotopic (exact) mass is 274 g/mol. The number of amides is 1. The summed E-state index contributed by atoms with van der Waals surface area (Å²) in [6.07, 6.45) is 2.06. The van der Waals surface area contributed by atoms with E-state index < -0.39 is 0 Å². The average molecular weight is 274 g/mol. The molecule has 4 heteroatoms. The van der Waals surface area contributed by atoms with Crippen molar-refractivity contribution in [3.05, 3.63) is 29.6 Å². The third-order valence-electron chi connectivity index (χ3n) is 3.76. The molecule has 1 N–H and O–H groups in total. The van der Waals surface area contributed by atoms with E-state index in [2.05, 4.69) is 35.0 Å². The van der Waals surface area contributed by atoms with Crippen LogP contribution in [0.4, 0.5) is 5.69 Å². The molecule has 0 spiro atoms. The Kier molecular flexibility index (Phi) is 3.42. The predicted molar refractivity (Wildman–Crippen MR) is 80.7 cm³/mol. The summed E-state index contributed by atoms with van der Waals surface area (Å²) in [4.78, 5) is 13.2. The Bertz CT molecular complexity index is 585. The molecule has 0 saturated carbocycles. The highest BCUT2D eigenvalue weighted by molar-refractivity contribution is 7.17. The van der Waals surface area contributed by atoms with Crippen molar-refractivity contribution in [1.29, 1.82) is 0 Å².